The van der Waals surface area contributed by atoms with Crippen molar-refractivity contribution in [2.45, 2.75) is 51.7 Å². The van der Waals surface area contributed by atoms with Crippen molar-refractivity contribution in [3.8, 4) is 11.1 Å². The van der Waals surface area contributed by atoms with E-state index in [1.54, 1.807) is 10.9 Å². The van der Waals surface area contributed by atoms with Crippen LogP contribution in [0.1, 0.15) is 35.1 Å². The molecule has 0 unspecified atom stereocenters. The summed E-state index contributed by atoms with van der Waals surface area (Å²) in [5, 5.41) is 18.8. The Labute approximate surface area is 202 Å². The van der Waals surface area contributed by atoms with Crippen LogP contribution in [-0.2, 0) is 43.6 Å². The molecular weight excluding hydrogens is 442 g/mol. The number of carbonyl (C=O) groups is 1. The fourth-order valence-electron chi connectivity index (χ4n) is 5.09. The van der Waals surface area contributed by atoms with Gasteiger partial charge < -0.3 is 10.2 Å². The Morgan fingerprint density at radius 3 is 2.66 bits per heavy atom. The number of H-pyrrole nitrogens is 1. The molecule has 0 spiro atoms. The number of carbonyl (C=O) groups excluding carboxylic acids is 1. The van der Waals surface area contributed by atoms with Crippen LogP contribution in [0.4, 0.5) is 5.95 Å². The summed E-state index contributed by atoms with van der Waals surface area (Å²) in [6, 6.07) is 8.86. The largest absolute Gasteiger partial charge is 0.351 e. The Balaban J connectivity index is 1.13. The molecule has 4 heterocycles. The summed E-state index contributed by atoms with van der Waals surface area (Å²) in [4.78, 5) is 23.9. The minimum atomic E-state index is 0.0244. The molecule has 0 atom stereocenters. The normalized spacial score (nSPS) is 15.2. The summed E-state index contributed by atoms with van der Waals surface area (Å²) >= 11 is 0. The van der Waals surface area contributed by atoms with Gasteiger partial charge in [0.25, 0.3) is 0 Å². The van der Waals surface area contributed by atoms with Crippen molar-refractivity contribution in [2.24, 2.45) is 0 Å². The highest BCUT2D eigenvalue weighted by molar-refractivity contribution is 5.76. The minimum Gasteiger partial charge on any atom is -0.351 e. The van der Waals surface area contributed by atoms with E-state index in [9.17, 15) is 4.79 Å². The number of hydrogen-bond donors (Lipinski definition) is 2. The van der Waals surface area contributed by atoms with E-state index in [1.165, 1.54) is 11.1 Å². The number of rotatable bonds is 6. The third-order valence-electron chi connectivity index (χ3n) is 6.94. The zero-order chi connectivity index (χ0) is 23.8. The maximum Gasteiger partial charge on any atom is 0.244 e. The Bertz CT molecular complexity index is 1330. The van der Waals surface area contributed by atoms with Gasteiger partial charge in [0.05, 0.1) is 18.4 Å². The van der Waals surface area contributed by atoms with Crippen LogP contribution in [0.2, 0.25) is 0 Å². The standard InChI is InChI=1S/C25H27N9O/c1-2-23-20(13-28-34(23)15-24(35)33-8-7-21-22(14-33)31-32-30-21)18-11-26-25(27-12-18)29-19-9-16-5-3-4-6-17(16)10-19/h3-6,11-13,19H,2,7-10,14-15H2,1H3,(H,26,27,29)(H,30,31,32). The SMILES string of the molecule is CCc1c(-c2cnc(NC3Cc4ccccc4C3)nc2)cnn1CC(=O)N1CCc2[nH]nnc2C1. The van der Waals surface area contributed by atoms with Crippen LogP contribution in [0.15, 0.2) is 42.9 Å². The monoisotopic (exact) mass is 469 g/mol. The number of hydrogen-bond acceptors (Lipinski definition) is 7. The Kier molecular flexibility index (Phi) is 5.48. The van der Waals surface area contributed by atoms with Crippen LogP contribution < -0.4 is 5.32 Å². The predicted molar refractivity (Wildman–Crippen MR) is 129 cm³/mol. The molecule has 1 aliphatic carbocycles. The highest BCUT2D eigenvalue weighted by Gasteiger charge is 2.25. The fourth-order valence-corrected chi connectivity index (χ4v) is 5.09. The van der Waals surface area contributed by atoms with Gasteiger partial charge in [-0.25, -0.2) is 9.97 Å². The number of benzene rings is 1. The lowest BCUT2D eigenvalue weighted by atomic mass is 10.1. The molecule has 0 fully saturated rings. The number of fused-ring (bicyclic) bond motifs is 2. The van der Waals surface area contributed by atoms with E-state index in [0.29, 0.717) is 25.1 Å². The van der Waals surface area contributed by atoms with Crippen LogP contribution in [0.25, 0.3) is 11.1 Å². The first-order valence-electron chi connectivity index (χ1n) is 12.0. The summed E-state index contributed by atoms with van der Waals surface area (Å²) < 4.78 is 1.79. The average Bonchev–Trinajstić information content (AvgIpc) is 3.61. The first-order valence-corrected chi connectivity index (χ1v) is 12.0. The van der Waals surface area contributed by atoms with Crippen molar-refractivity contribution < 1.29 is 4.79 Å². The number of amides is 1. The van der Waals surface area contributed by atoms with E-state index in [2.05, 4.69) is 67.0 Å². The van der Waals surface area contributed by atoms with Gasteiger partial charge in [0.15, 0.2) is 0 Å². The molecule has 3 aromatic heterocycles. The van der Waals surface area contributed by atoms with Gasteiger partial charge in [-0.1, -0.05) is 36.4 Å². The molecule has 2 aliphatic rings. The molecule has 2 N–H and O–H groups in total. The molecule has 0 radical (unpaired) electrons. The molecule has 1 aliphatic heterocycles. The van der Waals surface area contributed by atoms with Gasteiger partial charge in [-0.05, 0) is 30.4 Å². The molecular formula is C25H27N9O. The summed E-state index contributed by atoms with van der Waals surface area (Å²) in [5.74, 6) is 0.654. The zero-order valence-electron chi connectivity index (χ0n) is 19.6. The van der Waals surface area contributed by atoms with Crippen molar-refractivity contribution >= 4 is 11.9 Å². The third kappa shape index (κ3) is 4.16. The summed E-state index contributed by atoms with van der Waals surface area (Å²) in [6.07, 6.45) is 8.92. The number of nitrogens with one attached hydrogen (secondary N) is 2. The minimum absolute atomic E-state index is 0.0244. The number of aromatic amines is 1. The average molecular weight is 470 g/mol. The van der Waals surface area contributed by atoms with E-state index in [4.69, 9.17) is 0 Å². The van der Waals surface area contributed by atoms with Gasteiger partial charge in [0.1, 0.15) is 12.2 Å². The molecule has 35 heavy (non-hydrogen) atoms. The Morgan fingerprint density at radius 1 is 1.14 bits per heavy atom. The molecule has 0 saturated carbocycles. The molecule has 0 bridgehead atoms. The quantitative estimate of drug-likeness (QED) is 0.444. The van der Waals surface area contributed by atoms with Gasteiger partial charge in [-0.2, -0.15) is 5.10 Å². The molecule has 6 rings (SSSR count). The Morgan fingerprint density at radius 2 is 1.91 bits per heavy atom. The van der Waals surface area contributed by atoms with Crippen LogP contribution in [0.5, 0.6) is 0 Å². The van der Waals surface area contributed by atoms with Gasteiger partial charge in [-0.15, -0.1) is 5.10 Å². The number of anilines is 1. The van der Waals surface area contributed by atoms with E-state index in [-0.39, 0.29) is 12.5 Å². The third-order valence-corrected chi connectivity index (χ3v) is 6.94. The smallest absolute Gasteiger partial charge is 0.244 e. The van der Waals surface area contributed by atoms with E-state index >= 15 is 0 Å². The summed E-state index contributed by atoms with van der Waals surface area (Å²) in [7, 11) is 0. The lowest BCUT2D eigenvalue weighted by molar-refractivity contribution is -0.133. The number of nitrogens with zero attached hydrogens (tertiary/aromatic N) is 7. The summed E-state index contributed by atoms with van der Waals surface area (Å²) in [6.45, 7) is 3.39. The van der Waals surface area contributed by atoms with Gasteiger partial charge in [0, 0.05) is 48.2 Å². The highest BCUT2D eigenvalue weighted by atomic mass is 16.2. The molecule has 4 aromatic rings. The van der Waals surface area contributed by atoms with Gasteiger partial charge in [-0.3, -0.25) is 14.6 Å². The van der Waals surface area contributed by atoms with Crippen molar-refractivity contribution in [3.63, 3.8) is 0 Å². The van der Waals surface area contributed by atoms with Crippen molar-refractivity contribution in [2.75, 3.05) is 11.9 Å². The highest BCUT2D eigenvalue weighted by Crippen LogP contribution is 2.26. The zero-order valence-corrected chi connectivity index (χ0v) is 19.6. The fraction of sp³-hybridized carbons (Fsp3) is 0.360. The first-order chi connectivity index (χ1) is 17.2. The molecule has 0 saturated heterocycles. The molecule has 10 heteroatoms. The van der Waals surface area contributed by atoms with Crippen LogP contribution in [0, 0.1) is 0 Å². The second kappa shape index (κ2) is 8.94. The predicted octanol–water partition coefficient (Wildman–Crippen LogP) is 2.18. The maximum atomic E-state index is 13.0. The second-order valence-corrected chi connectivity index (χ2v) is 9.13. The Hall–Kier alpha value is -4.08. The summed E-state index contributed by atoms with van der Waals surface area (Å²) in [5.41, 5.74) is 7.48. The van der Waals surface area contributed by atoms with Crippen molar-refractivity contribution in [1.29, 1.82) is 0 Å². The molecule has 1 aromatic carbocycles. The maximum absolute atomic E-state index is 13.0. The van der Waals surface area contributed by atoms with Crippen LogP contribution >= 0.6 is 0 Å². The van der Waals surface area contributed by atoms with Crippen LogP contribution in [-0.4, -0.2) is 58.6 Å². The lowest BCUT2D eigenvalue weighted by Gasteiger charge is -2.25. The molecule has 1 amide bonds. The van der Waals surface area contributed by atoms with Crippen LogP contribution in [0.3, 0.4) is 0 Å². The van der Waals surface area contributed by atoms with Gasteiger partial charge >= 0.3 is 0 Å². The first kappa shape index (κ1) is 21.5. The number of aromatic nitrogens is 7. The van der Waals surface area contributed by atoms with E-state index in [0.717, 1.165) is 53.9 Å². The molecule has 178 valence electrons. The van der Waals surface area contributed by atoms with E-state index < -0.39 is 0 Å². The lowest BCUT2D eigenvalue weighted by Crippen LogP contribution is -2.38. The second-order valence-electron chi connectivity index (χ2n) is 9.13. The van der Waals surface area contributed by atoms with Crippen molar-refractivity contribution in [1.82, 2.24) is 40.1 Å². The van der Waals surface area contributed by atoms with Gasteiger partial charge in [0.2, 0.25) is 11.9 Å². The molecule has 10 nitrogen and oxygen atoms in total. The topological polar surface area (TPSA) is 118 Å². The van der Waals surface area contributed by atoms with E-state index in [1.807, 2.05) is 17.3 Å². The van der Waals surface area contributed by atoms with Crippen molar-refractivity contribution in [3.05, 3.63) is 71.1 Å².